The second-order valence-electron chi connectivity index (χ2n) is 1.99. The van der Waals surface area contributed by atoms with Gasteiger partial charge in [0.1, 0.15) is 0 Å². The molecule has 0 radical (unpaired) electrons. The summed E-state index contributed by atoms with van der Waals surface area (Å²) < 4.78 is 34.0. The summed E-state index contributed by atoms with van der Waals surface area (Å²) >= 11 is 4.25. The van der Waals surface area contributed by atoms with Gasteiger partial charge in [-0.15, -0.1) is 0 Å². The summed E-state index contributed by atoms with van der Waals surface area (Å²) in [6.45, 7) is 1.93. The van der Waals surface area contributed by atoms with Crippen molar-refractivity contribution in [3.63, 3.8) is 0 Å². The van der Waals surface area contributed by atoms with Crippen LogP contribution in [0.15, 0.2) is 6.08 Å². The predicted molar refractivity (Wildman–Crippen MR) is 42.3 cm³/mol. The molecule has 0 aromatic heterocycles. The van der Waals surface area contributed by atoms with E-state index < -0.39 is 6.18 Å². The Morgan fingerprint density at radius 1 is 1.42 bits per heavy atom. The number of alkyl halides is 3. The van der Waals surface area contributed by atoms with E-state index in [9.17, 15) is 13.2 Å². The SMILES string of the molecule is CCCCC=[C-]C(F)(F)F.[Zn+][Br]. The van der Waals surface area contributed by atoms with Gasteiger partial charge in [-0.05, 0) is 0 Å². The van der Waals surface area contributed by atoms with Gasteiger partial charge in [-0.25, -0.2) is 13.2 Å². The van der Waals surface area contributed by atoms with Crippen LogP contribution in [0.3, 0.4) is 0 Å². The van der Waals surface area contributed by atoms with Crippen LogP contribution in [0.4, 0.5) is 13.2 Å². The monoisotopic (exact) mass is 294 g/mol. The minimum atomic E-state index is -4.26. The molecule has 0 aliphatic carbocycles. The van der Waals surface area contributed by atoms with Crippen molar-refractivity contribution in [3.8, 4) is 0 Å². The molecule has 0 spiro atoms. The Kier molecular flexibility index (Phi) is 12.2. The Morgan fingerprint density at radius 3 is 2.25 bits per heavy atom. The average Bonchev–Trinajstić information content (AvgIpc) is 2.01. The number of hydrogen-bond donors (Lipinski definition) is 0. The second kappa shape index (κ2) is 9.72. The van der Waals surface area contributed by atoms with Crippen molar-refractivity contribution in [1.29, 1.82) is 0 Å². The van der Waals surface area contributed by atoms with Crippen LogP contribution in [0.25, 0.3) is 0 Å². The molecule has 0 bridgehead atoms. The minimum absolute atomic E-state index is 0.468. The molecule has 0 rings (SSSR count). The van der Waals surface area contributed by atoms with E-state index in [2.05, 4.69) is 13.6 Å². The summed E-state index contributed by atoms with van der Waals surface area (Å²) in [6, 6.07) is 0. The zero-order valence-electron chi connectivity index (χ0n) is 6.92. The van der Waals surface area contributed by atoms with Crippen LogP contribution in [0, 0.1) is 6.08 Å². The van der Waals surface area contributed by atoms with Gasteiger partial charge in [-0.2, -0.15) is 0 Å². The molecule has 12 heavy (non-hydrogen) atoms. The van der Waals surface area contributed by atoms with Gasteiger partial charge in [-0.3, -0.25) is 6.08 Å². The van der Waals surface area contributed by atoms with Crippen LogP contribution in [0.1, 0.15) is 26.2 Å². The van der Waals surface area contributed by atoms with Gasteiger partial charge in [0.25, 0.3) is 6.18 Å². The van der Waals surface area contributed by atoms with E-state index in [0.717, 1.165) is 18.9 Å². The van der Waals surface area contributed by atoms with Gasteiger partial charge in [0.15, 0.2) is 0 Å². The fraction of sp³-hybridized carbons (Fsp3) is 0.714. The number of halogens is 4. The van der Waals surface area contributed by atoms with Gasteiger partial charge < -0.3 is 6.08 Å². The summed E-state index contributed by atoms with van der Waals surface area (Å²) in [5, 5.41) is 0. The molecule has 0 fully saturated rings. The quantitative estimate of drug-likeness (QED) is 0.420. The van der Waals surface area contributed by atoms with E-state index in [0.29, 0.717) is 6.42 Å². The first-order valence-corrected chi connectivity index (χ1v) is 10.4. The Morgan fingerprint density at radius 2 is 1.92 bits per heavy atom. The normalized spacial score (nSPS) is 11.2. The molecule has 0 heterocycles. The third kappa shape index (κ3) is 16.9. The first-order chi connectivity index (χ1) is 5.56. The zero-order valence-corrected chi connectivity index (χ0v) is 11.5. The second-order valence-corrected chi connectivity index (χ2v) is 1.99. The number of unbranched alkanes of at least 4 members (excludes halogenated alkanes) is 2. The molecule has 0 atom stereocenters. The third-order valence-corrected chi connectivity index (χ3v) is 0.968. The van der Waals surface area contributed by atoms with Gasteiger partial charge in [-0.1, -0.05) is 26.2 Å². The Hall–Kier alpha value is 0.633. The molecule has 5 heteroatoms. The zero-order chi connectivity index (χ0) is 10.0. The van der Waals surface area contributed by atoms with Gasteiger partial charge in [0.05, 0.1) is 0 Å². The molecule has 0 aliphatic rings. The standard InChI is InChI=1S/C7H10F3.BrH.Zn/c1-2-3-4-5-6-7(8,9)10;;/h5H,2-4H2,1H3;1H;/q-1;;+2/p-1. The van der Waals surface area contributed by atoms with Crippen LogP contribution in [-0.2, 0) is 16.3 Å². The molecular weight excluding hydrogens is 286 g/mol. The van der Waals surface area contributed by atoms with Gasteiger partial charge >= 0.3 is 30.0 Å². The van der Waals surface area contributed by atoms with E-state index in [-0.39, 0.29) is 0 Å². The molecule has 0 saturated heterocycles. The van der Waals surface area contributed by atoms with Crippen LogP contribution >= 0.6 is 13.6 Å². The van der Waals surface area contributed by atoms with Crippen molar-refractivity contribution in [2.24, 2.45) is 0 Å². The van der Waals surface area contributed by atoms with Crippen molar-refractivity contribution in [2.45, 2.75) is 32.4 Å². The van der Waals surface area contributed by atoms with E-state index in [1.54, 1.807) is 0 Å². The Labute approximate surface area is 87.6 Å². The molecule has 68 valence electrons. The van der Waals surface area contributed by atoms with Crippen LogP contribution in [0.2, 0.25) is 0 Å². The molecule has 0 aliphatic heterocycles. The van der Waals surface area contributed by atoms with Gasteiger partial charge in [0, 0.05) is 0 Å². The Balaban J connectivity index is 0. The van der Waals surface area contributed by atoms with E-state index in [1.165, 1.54) is 22.4 Å². The first kappa shape index (κ1) is 15.1. The first-order valence-electron chi connectivity index (χ1n) is 3.49. The van der Waals surface area contributed by atoms with E-state index >= 15 is 0 Å². The molecule has 0 N–H and O–H groups in total. The van der Waals surface area contributed by atoms with Crippen molar-refractivity contribution >= 4 is 13.6 Å². The number of rotatable bonds is 3. The maximum absolute atomic E-state index is 11.3. The number of hydrogen-bond acceptors (Lipinski definition) is 0. The summed E-state index contributed by atoms with van der Waals surface area (Å²) in [4.78, 5) is 0. The molecule has 0 aromatic rings. The molecular formula is C7H10BrF3Zn. The van der Waals surface area contributed by atoms with E-state index in [4.69, 9.17) is 0 Å². The van der Waals surface area contributed by atoms with Crippen LogP contribution in [0.5, 0.6) is 0 Å². The van der Waals surface area contributed by atoms with Crippen molar-refractivity contribution < 1.29 is 29.5 Å². The van der Waals surface area contributed by atoms with Crippen LogP contribution < -0.4 is 0 Å². The molecule has 0 nitrogen and oxygen atoms in total. The number of allylic oxidation sites excluding steroid dienone is 2. The van der Waals surface area contributed by atoms with E-state index in [1.807, 2.05) is 6.92 Å². The Bertz CT molecular complexity index is 112. The maximum atomic E-state index is 11.3. The van der Waals surface area contributed by atoms with Crippen LogP contribution in [-0.4, -0.2) is 6.18 Å². The van der Waals surface area contributed by atoms with Crippen molar-refractivity contribution in [3.05, 3.63) is 12.2 Å². The molecule has 0 unspecified atom stereocenters. The fourth-order valence-corrected chi connectivity index (χ4v) is 0.494. The van der Waals surface area contributed by atoms with Crippen molar-refractivity contribution in [2.75, 3.05) is 0 Å². The average molecular weight is 296 g/mol. The summed E-state index contributed by atoms with van der Waals surface area (Å²) in [5.41, 5.74) is 0. The third-order valence-electron chi connectivity index (χ3n) is 0.968. The summed E-state index contributed by atoms with van der Waals surface area (Å²) in [6.07, 6.45) is 0.296. The summed E-state index contributed by atoms with van der Waals surface area (Å²) in [7, 11) is 0. The molecule has 0 amide bonds. The van der Waals surface area contributed by atoms with Crippen molar-refractivity contribution in [1.82, 2.24) is 0 Å². The summed E-state index contributed by atoms with van der Waals surface area (Å²) in [5.74, 6) is 0. The predicted octanol–water partition coefficient (Wildman–Crippen LogP) is 3.94. The van der Waals surface area contributed by atoms with Gasteiger partial charge in [0.2, 0.25) is 0 Å². The fourth-order valence-electron chi connectivity index (χ4n) is 0.494. The topological polar surface area (TPSA) is 0 Å². The molecule has 0 saturated carbocycles. The molecule has 0 aromatic carbocycles.